The molecule has 0 aliphatic carbocycles. The number of carbonyl (C=O) groups excluding carboxylic acids is 1. The summed E-state index contributed by atoms with van der Waals surface area (Å²) in [5.74, 6) is -1.75. The maximum Gasteiger partial charge on any atom is 0.228 e. The average molecular weight is 261 g/mol. The van der Waals surface area contributed by atoms with Crippen molar-refractivity contribution in [1.82, 2.24) is 0 Å². The van der Waals surface area contributed by atoms with Crippen LogP contribution in [0.2, 0.25) is 0 Å². The zero-order valence-corrected chi connectivity index (χ0v) is 10.4. The van der Waals surface area contributed by atoms with Gasteiger partial charge in [-0.25, -0.2) is 8.78 Å². The van der Waals surface area contributed by atoms with Crippen molar-refractivity contribution in [2.45, 2.75) is 13.3 Å². The summed E-state index contributed by atoms with van der Waals surface area (Å²) in [6, 6.07) is 10.4. The van der Waals surface area contributed by atoms with Crippen LogP contribution in [0.25, 0.3) is 0 Å². The molecule has 4 heteroatoms. The Morgan fingerprint density at radius 2 is 1.63 bits per heavy atom. The van der Waals surface area contributed by atoms with Gasteiger partial charge in [-0.2, -0.15) is 0 Å². The lowest BCUT2D eigenvalue weighted by molar-refractivity contribution is -0.115. The number of anilines is 1. The second-order valence-corrected chi connectivity index (χ2v) is 4.37. The van der Waals surface area contributed by atoms with E-state index in [2.05, 4.69) is 5.32 Å². The molecule has 0 saturated carbocycles. The van der Waals surface area contributed by atoms with Crippen LogP contribution in [0.5, 0.6) is 0 Å². The summed E-state index contributed by atoms with van der Waals surface area (Å²) >= 11 is 0. The van der Waals surface area contributed by atoms with Gasteiger partial charge in [0.15, 0.2) is 0 Å². The Balaban J connectivity index is 2.03. The van der Waals surface area contributed by atoms with Gasteiger partial charge in [-0.05, 0) is 24.6 Å². The van der Waals surface area contributed by atoms with Gasteiger partial charge in [0.2, 0.25) is 5.91 Å². The minimum absolute atomic E-state index is 0.120. The SMILES string of the molecule is Cc1ccc(CC(=O)Nc2cc(F)cc(F)c2)cc1. The lowest BCUT2D eigenvalue weighted by atomic mass is 10.1. The third-order valence-electron chi connectivity index (χ3n) is 2.63. The number of rotatable bonds is 3. The first kappa shape index (κ1) is 13.2. The van der Waals surface area contributed by atoms with E-state index in [9.17, 15) is 13.6 Å². The van der Waals surface area contributed by atoms with E-state index >= 15 is 0 Å². The van der Waals surface area contributed by atoms with Crippen molar-refractivity contribution in [2.75, 3.05) is 5.32 Å². The number of benzene rings is 2. The maximum absolute atomic E-state index is 13.0. The molecule has 2 aromatic rings. The van der Waals surface area contributed by atoms with Crippen LogP contribution < -0.4 is 5.32 Å². The number of carbonyl (C=O) groups is 1. The van der Waals surface area contributed by atoms with E-state index in [1.807, 2.05) is 31.2 Å². The monoisotopic (exact) mass is 261 g/mol. The van der Waals surface area contributed by atoms with Gasteiger partial charge in [0, 0.05) is 11.8 Å². The standard InChI is InChI=1S/C15H13F2NO/c1-10-2-4-11(5-3-10)6-15(19)18-14-8-12(16)7-13(17)9-14/h2-5,7-9H,6H2,1H3,(H,18,19). The van der Waals surface area contributed by atoms with Crippen molar-refractivity contribution < 1.29 is 13.6 Å². The highest BCUT2D eigenvalue weighted by atomic mass is 19.1. The number of hydrogen-bond donors (Lipinski definition) is 1. The molecule has 1 N–H and O–H groups in total. The summed E-state index contributed by atoms with van der Waals surface area (Å²) in [4.78, 5) is 11.7. The summed E-state index contributed by atoms with van der Waals surface area (Å²) in [5, 5.41) is 2.47. The Morgan fingerprint density at radius 3 is 2.21 bits per heavy atom. The Labute approximate surface area is 110 Å². The molecular weight excluding hydrogens is 248 g/mol. The van der Waals surface area contributed by atoms with E-state index in [1.165, 1.54) is 0 Å². The molecule has 0 atom stereocenters. The van der Waals surface area contributed by atoms with Crippen LogP contribution in [0.15, 0.2) is 42.5 Å². The van der Waals surface area contributed by atoms with Gasteiger partial charge in [-0.1, -0.05) is 29.8 Å². The molecule has 0 spiro atoms. The molecule has 0 bridgehead atoms. The van der Waals surface area contributed by atoms with Crippen molar-refractivity contribution in [1.29, 1.82) is 0 Å². The lowest BCUT2D eigenvalue weighted by Gasteiger charge is -2.06. The fourth-order valence-corrected chi connectivity index (χ4v) is 1.72. The Kier molecular flexibility index (Phi) is 3.90. The first-order valence-electron chi connectivity index (χ1n) is 5.84. The summed E-state index contributed by atoms with van der Waals surface area (Å²) in [7, 11) is 0. The van der Waals surface area contributed by atoms with Crippen molar-refractivity contribution in [3.05, 3.63) is 65.2 Å². The van der Waals surface area contributed by atoms with E-state index in [-0.39, 0.29) is 18.0 Å². The summed E-state index contributed by atoms with van der Waals surface area (Å²) in [6.45, 7) is 1.96. The first-order valence-corrected chi connectivity index (χ1v) is 5.84. The molecule has 0 heterocycles. The molecule has 0 fully saturated rings. The van der Waals surface area contributed by atoms with E-state index in [0.29, 0.717) is 0 Å². The van der Waals surface area contributed by atoms with Gasteiger partial charge in [0.1, 0.15) is 11.6 Å². The van der Waals surface area contributed by atoms with Crippen molar-refractivity contribution in [2.24, 2.45) is 0 Å². The molecule has 1 amide bonds. The Hall–Kier alpha value is -2.23. The number of nitrogens with one attached hydrogen (secondary N) is 1. The minimum Gasteiger partial charge on any atom is -0.326 e. The predicted octanol–water partition coefficient (Wildman–Crippen LogP) is 3.45. The molecule has 2 nitrogen and oxygen atoms in total. The second kappa shape index (κ2) is 5.61. The first-order chi connectivity index (χ1) is 9.02. The summed E-state index contributed by atoms with van der Waals surface area (Å²) in [5.41, 5.74) is 2.07. The smallest absolute Gasteiger partial charge is 0.228 e. The van der Waals surface area contributed by atoms with Crippen LogP contribution in [0, 0.1) is 18.6 Å². The fraction of sp³-hybridized carbons (Fsp3) is 0.133. The highest BCUT2D eigenvalue weighted by Crippen LogP contribution is 2.13. The molecular formula is C15H13F2NO. The molecule has 98 valence electrons. The largest absolute Gasteiger partial charge is 0.326 e. The van der Waals surface area contributed by atoms with E-state index in [4.69, 9.17) is 0 Å². The molecule has 0 radical (unpaired) electrons. The van der Waals surface area contributed by atoms with Crippen LogP contribution in [0.3, 0.4) is 0 Å². The molecule has 2 aromatic carbocycles. The number of aryl methyl sites for hydroxylation is 1. The van der Waals surface area contributed by atoms with Gasteiger partial charge < -0.3 is 5.32 Å². The highest BCUT2D eigenvalue weighted by Gasteiger charge is 2.06. The number of amides is 1. The quantitative estimate of drug-likeness (QED) is 0.900. The van der Waals surface area contributed by atoms with Crippen LogP contribution in [0.4, 0.5) is 14.5 Å². The molecule has 0 saturated heterocycles. The van der Waals surface area contributed by atoms with Gasteiger partial charge in [-0.15, -0.1) is 0 Å². The number of hydrogen-bond acceptors (Lipinski definition) is 1. The van der Waals surface area contributed by atoms with E-state index < -0.39 is 11.6 Å². The van der Waals surface area contributed by atoms with Crippen LogP contribution in [-0.4, -0.2) is 5.91 Å². The molecule has 0 aliphatic rings. The average Bonchev–Trinajstić information content (AvgIpc) is 2.30. The third kappa shape index (κ3) is 3.88. The topological polar surface area (TPSA) is 29.1 Å². The van der Waals surface area contributed by atoms with Gasteiger partial charge in [0.05, 0.1) is 6.42 Å². The van der Waals surface area contributed by atoms with E-state index in [1.54, 1.807) is 0 Å². The van der Waals surface area contributed by atoms with Crippen molar-refractivity contribution >= 4 is 11.6 Å². The van der Waals surface area contributed by atoms with Crippen LogP contribution >= 0.6 is 0 Å². The third-order valence-corrected chi connectivity index (χ3v) is 2.63. The van der Waals surface area contributed by atoms with Crippen molar-refractivity contribution in [3.8, 4) is 0 Å². The number of halogens is 2. The molecule has 0 aliphatic heterocycles. The maximum atomic E-state index is 13.0. The molecule has 19 heavy (non-hydrogen) atoms. The predicted molar refractivity (Wildman–Crippen MR) is 69.9 cm³/mol. The normalized spacial score (nSPS) is 10.3. The zero-order chi connectivity index (χ0) is 13.8. The molecule has 0 aromatic heterocycles. The second-order valence-electron chi connectivity index (χ2n) is 4.37. The molecule has 0 unspecified atom stereocenters. The summed E-state index contributed by atoms with van der Waals surface area (Å²) in [6.07, 6.45) is 0.165. The highest BCUT2D eigenvalue weighted by molar-refractivity contribution is 5.92. The van der Waals surface area contributed by atoms with Gasteiger partial charge in [-0.3, -0.25) is 4.79 Å². The molecule has 2 rings (SSSR count). The fourth-order valence-electron chi connectivity index (χ4n) is 1.72. The van der Waals surface area contributed by atoms with Gasteiger partial charge in [0.25, 0.3) is 0 Å². The van der Waals surface area contributed by atoms with Gasteiger partial charge >= 0.3 is 0 Å². The van der Waals surface area contributed by atoms with Crippen LogP contribution in [0.1, 0.15) is 11.1 Å². The zero-order valence-electron chi connectivity index (χ0n) is 10.4. The summed E-state index contributed by atoms with van der Waals surface area (Å²) < 4.78 is 25.9. The minimum atomic E-state index is -0.717. The lowest BCUT2D eigenvalue weighted by Crippen LogP contribution is -2.14. The Bertz CT molecular complexity index is 573. The van der Waals surface area contributed by atoms with E-state index in [0.717, 1.165) is 29.3 Å². The van der Waals surface area contributed by atoms with Crippen molar-refractivity contribution in [3.63, 3.8) is 0 Å². The Morgan fingerprint density at radius 1 is 1.05 bits per heavy atom. The van der Waals surface area contributed by atoms with Crippen LogP contribution in [-0.2, 0) is 11.2 Å².